The van der Waals surface area contributed by atoms with E-state index in [1.807, 2.05) is 24.3 Å². The number of rotatable bonds is 6. The van der Waals surface area contributed by atoms with Crippen molar-refractivity contribution in [1.82, 2.24) is 10.3 Å². The van der Waals surface area contributed by atoms with Gasteiger partial charge in [-0.15, -0.1) is 0 Å². The number of carbonyl (C=O) groups excluding carboxylic acids is 1. The molecule has 30 heavy (non-hydrogen) atoms. The van der Waals surface area contributed by atoms with Crippen molar-refractivity contribution in [3.63, 3.8) is 0 Å². The lowest BCUT2D eigenvalue weighted by Crippen LogP contribution is -2.28. The van der Waals surface area contributed by atoms with Gasteiger partial charge in [0.15, 0.2) is 17.3 Å². The second-order valence-corrected chi connectivity index (χ2v) is 7.83. The fourth-order valence-corrected chi connectivity index (χ4v) is 4.06. The van der Waals surface area contributed by atoms with Crippen molar-refractivity contribution in [3.05, 3.63) is 41.2 Å². The van der Waals surface area contributed by atoms with E-state index in [4.69, 9.17) is 18.5 Å². The number of benzene rings is 1. The molecule has 3 aromatic rings. The molecule has 1 N–H and O–H groups in total. The Hall–Kier alpha value is -3.29. The van der Waals surface area contributed by atoms with Crippen LogP contribution in [-0.2, 0) is 23.1 Å². The van der Waals surface area contributed by atoms with Crippen LogP contribution in [0.1, 0.15) is 42.6 Å². The van der Waals surface area contributed by atoms with Gasteiger partial charge in [0, 0.05) is 17.2 Å². The molecule has 1 fully saturated rings. The minimum absolute atomic E-state index is 0.126. The molecule has 8 heteroatoms. The summed E-state index contributed by atoms with van der Waals surface area (Å²) in [5, 5.41) is 11.3. The van der Waals surface area contributed by atoms with Gasteiger partial charge in [-0.1, -0.05) is 10.3 Å². The fourth-order valence-electron chi connectivity index (χ4n) is 4.06. The number of methoxy groups -OCH3 is 2. The number of ether oxygens (including phenoxy) is 2. The van der Waals surface area contributed by atoms with E-state index in [1.165, 1.54) is 0 Å². The first-order valence-corrected chi connectivity index (χ1v) is 10.1. The van der Waals surface area contributed by atoms with Crippen LogP contribution < -0.4 is 14.8 Å². The highest BCUT2D eigenvalue weighted by Crippen LogP contribution is 2.49. The summed E-state index contributed by atoms with van der Waals surface area (Å²) < 4.78 is 21.6. The largest absolute Gasteiger partial charge is 0.493 e. The number of aryl methyl sites for hydroxylation is 1. The summed E-state index contributed by atoms with van der Waals surface area (Å²) in [6.45, 7) is 0. The molecule has 2 heterocycles. The Balaban J connectivity index is 1.38. The number of nitrogens with zero attached hydrogens (tertiary/aromatic N) is 2. The van der Waals surface area contributed by atoms with Gasteiger partial charge in [0.2, 0.25) is 11.8 Å². The summed E-state index contributed by atoms with van der Waals surface area (Å²) in [4.78, 5) is 13.1. The molecule has 0 saturated heterocycles. The van der Waals surface area contributed by atoms with Crippen LogP contribution >= 0.6 is 0 Å². The molecule has 0 bridgehead atoms. The van der Waals surface area contributed by atoms with Gasteiger partial charge in [0.25, 0.3) is 0 Å². The topological polar surface area (TPSA) is 99.6 Å². The quantitative estimate of drug-likeness (QED) is 0.659. The normalized spacial score (nSPS) is 16.6. The van der Waals surface area contributed by atoms with E-state index in [9.17, 15) is 4.79 Å². The molecule has 2 aliphatic rings. The number of fused-ring (bicyclic) bond motifs is 1. The number of hydrogen-bond donors (Lipinski definition) is 1. The lowest BCUT2D eigenvalue weighted by molar-refractivity contribution is -0.118. The van der Waals surface area contributed by atoms with Crippen molar-refractivity contribution in [3.8, 4) is 22.8 Å². The second kappa shape index (κ2) is 7.19. The predicted octanol–water partition coefficient (Wildman–Crippen LogP) is 3.90. The first-order chi connectivity index (χ1) is 14.6. The number of nitrogens with one attached hydrogen (secondary N) is 1. The predicted molar refractivity (Wildman–Crippen MR) is 108 cm³/mol. The number of anilines is 1. The van der Waals surface area contributed by atoms with Gasteiger partial charge in [0.1, 0.15) is 0 Å². The van der Waals surface area contributed by atoms with E-state index in [-0.39, 0.29) is 5.91 Å². The average molecular weight is 409 g/mol. The zero-order valence-electron chi connectivity index (χ0n) is 17.0. The van der Waals surface area contributed by atoms with Crippen molar-refractivity contribution in [2.24, 2.45) is 0 Å². The Labute approximate surface area is 173 Å². The third-order valence-electron chi connectivity index (χ3n) is 6.04. The maximum absolute atomic E-state index is 13.1. The van der Waals surface area contributed by atoms with E-state index in [0.29, 0.717) is 41.7 Å². The van der Waals surface area contributed by atoms with Gasteiger partial charge < -0.3 is 18.5 Å². The van der Waals surface area contributed by atoms with Crippen LogP contribution in [0, 0.1) is 0 Å². The molecule has 1 aromatic carbocycles. The first-order valence-electron chi connectivity index (χ1n) is 10.1. The van der Waals surface area contributed by atoms with Crippen LogP contribution in [-0.4, -0.2) is 30.4 Å². The third kappa shape index (κ3) is 3.03. The van der Waals surface area contributed by atoms with E-state index in [0.717, 1.165) is 42.5 Å². The molecule has 0 unspecified atom stereocenters. The summed E-state index contributed by atoms with van der Waals surface area (Å²) >= 11 is 0. The van der Waals surface area contributed by atoms with Crippen LogP contribution in [0.4, 0.5) is 5.88 Å². The first kappa shape index (κ1) is 18.7. The van der Waals surface area contributed by atoms with Crippen LogP contribution in [0.5, 0.6) is 11.5 Å². The molecule has 0 spiro atoms. The van der Waals surface area contributed by atoms with Crippen LogP contribution in [0.25, 0.3) is 11.3 Å². The summed E-state index contributed by atoms with van der Waals surface area (Å²) in [5.74, 6) is 2.15. The molecule has 5 rings (SSSR count). The molecule has 2 aliphatic carbocycles. The zero-order valence-corrected chi connectivity index (χ0v) is 17.0. The Kier molecular flexibility index (Phi) is 4.49. The van der Waals surface area contributed by atoms with E-state index >= 15 is 0 Å². The molecule has 2 aromatic heterocycles. The minimum atomic E-state index is -0.688. The van der Waals surface area contributed by atoms with Gasteiger partial charge in [-0.05, 0) is 56.7 Å². The minimum Gasteiger partial charge on any atom is -0.493 e. The molecule has 0 radical (unpaired) electrons. The van der Waals surface area contributed by atoms with Crippen LogP contribution in [0.15, 0.2) is 33.3 Å². The number of amides is 1. The SMILES string of the molecule is COc1ccc(-c2cc(C3(C(=O)Nc4onc5c4CCCC5)CC3)no2)cc1OC. The molecule has 0 aliphatic heterocycles. The molecular formula is C22H23N3O5. The molecule has 1 amide bonds. The van der Waals surface area contributed by atoms with Crippen LogP contribution in [0.2, 0.25) is 0 Å². The molecule has 8 nitrogen and oxygen atoms in total. The maximum Gasteiger partial charge on any atom is 0.239 e. The average Bonchev–Trinajstić information content (AvgIpc) is 3.27. The summed E-state index contributed by atoms with van der Waals surface area (Å²) in [6, 6.07) is 7.32. The van der Waals surface area contributed by atoms with Crippen LogP contribution in [0.3, 0.4) is 0 Å². The van der Waals surface area contributed by atoms with Crippen molar-refractivity contribution in [2.75, 3.05) is 19.5 Å². The maximum atomic E-state index is 13.1. The Morgan fingerprint density at radius 3 is 2.60 bits per heavy atom. The lowest BCUT2D eigenvalue weighted by Gasteiger charge is -2.13. The van der Waals surface area contributed by atoms with Gasteiger partial charge in [-0.3, -0.25) is 10.1 Å². The number of carbonyl (C=O) groups is 1. The number of hydrogen-bond acceptors (Lipinski definition) is 7. The van der Waals surface area contributed by atoms with Gasteiger partial charge in [-0.25, -0.2) is 0 Å². The summed E-state index contributed by atoms with van der Waals surface area (Å²) in [6.07, 6.45) is 5.40. The number of aromatic nitrogens is 2. The second-order valence-electron chi connectivity index (χ2n) is 7.83. The Morgan fingerprint density at radius 1 is 1.03 bits per heavy atom. The van der Waals surface area contributed by atoms with Gasteiger partial charge >= 0.3 is 0 Å². The molecule has 0 atom stereocenters. The monoisotopic (exact) mass is 409 g/mol. The summed E-state index contributed by atoms with van der Waals surface area (Å²) in [5.41, 5.74) is 2.72. The molecular weight excluding hydrogens is 386 g/mol. The zero-order chi connectivity index (χ0) is 20.7. The Morgan fingerprint density at radius 2 is 1.83 bits per heavy atom. The highest BCUT2D eigenvalue weighted by atomic mass is 16.5. The van der Waals surface area contributed by atoms with E-state index in [2.05, 4.69) is 15.6 Å². The van der Waals surface area contributed by atoms with E-state index < -0.39 is 5.41 Å². The van der Waals surface area contributed by atoms with E-state index in [1.54, 1.807) is 14.2 Å². The third-order valence-corrected chi connectivity index (χ3v) is 6.04. The standard InChI is InChI=1S/C22H23N3O5/c1-27-16-8-7-13(11-18(16)28-2)17-12-19(25-29-17)22(9-10-22)21(26)23-20-14-5-3-4-6-15(14)24-30-20/h7-8,11-12H,3-6,9-10H2,1-2H3,(H,23,26). The lowest BCUT2D eigenvalue weighted by atomic mass is 9.97. The smallest absolute Gasteiger partial charge is 0.239 e. The fraction of sp³-hybridized carbons (Fsp3) is 0.409. The van der Waals surface area contributed by atoms with Crippen molar-refractivity contribution in [1.29, 1.82) is 0 Å². The van der Waals surface area contributed by atoms with Gasteiger partial charge in [-0.2, -0.15) is 0 Å². The molecule has 156 valence electrons. The van der Waals surface area contributed by atoms with Crippen molar-refractivity contribution in [2.45, 2.75) is 43.9 Å². The Bertz CT molecular complexity index is 1100. The van der Waals surface area contributed by atoms with Crippen molar-refractivity contribution >= 4 is 11.8 Å². The summed E-state index contributed by atoms with van der Waals surface area (Å²) in [7, 11) is 3.17. The highest BCUT2D eigenvalue weighted by molar-refractivity contribution is 6.00. The van der Waals surface area contributed by atoms with Gasteiger partial charge in [0.05, 0.1) is 31.0 Å². The highest BCUT2D eigenvalue weighted by Gasteiger charge is 2.54. The molecule has 1 saturated carbocycles. The van der Waals surface area contributed by atoms with Crippen molar-refractivity contribution < 1.29 is 23.3 Å².